The highest BCUT2D eigenvalue weighted by molar-refractivity contribution is 6.16. The van der Waals surface area contributed by atoms with Crippen LogP contribution in [-0.2, 0) is 5.88 Å². The molecule has 6 atom stereocenters. The molecule has 2 saturated carbocycles. The van der Waals surface area contributed by atoms with Crippen LogP contribution in [0, 0.1) is 41.2 Å². The molecule has 4 aliphatic carbocycles. The third-order valence-corrected chi connectivity index (χ3v) is 8.17. The van der Waals surface area contributed by atoms with Crippen molar-refractivity contribution < 1.29 is 18.5 Å². The van der Waals surface area contributed by atoms with E-state index in [1.807, 2.05) is 12.1 Å². The zero-order chi connectivity index (χ0) is 25.7. The van der Waals surface area contributed by atoms with Crippen LogP contribution in [0.5, 0.6) is 0 Å². The van der Waals surface area contributed by atoms with Gasteiger partial charge >= 0.3 is 0 Å². The van der Waals surface area contributed by atoms with Crippen LogP contribution in [0.3, 0.4) is 0 Å². The van der Waals surface area contributed by atoms with Crippen molar-refractivity contribution in [3.05, 3.63) is 95.2 Å². The van der Waals surface area contributed by atoms with Gasteiger partial charge in [0.25, 0.3) is 0 Å². The second kappa shape index (κ2) is 9.41. The van der Waals surface area contributed by atoms with Gasteiger partial charge in [0, 0.05) is 11.8 Å². The lowest BCUT2D eigenvalue weighted by Gasteiger charge is -2.06. The summed E-state index contributed by atoms with van der Waals surface area (Å²) in [5.41, 5.74) is 10.3. The van der Waals surface area contributed by atoms with E-state index in [0.29, 0.717) is 41.3 Å². The van der Waals surface area contributed by atoms with E-state index in [9.17, 15) is 8.78 Å². The van der Waals surface area contributed by atoms with Crippen molar-refractivity contribution in [2.75, 3.05) is 0 Å². The van der Waals surface area contributed by atoms with Gasteiger partial charge in [0.15, 0.2) is 5.82 Å². The zero-order valence-electron chi connectivity index (χ0n) is 19.8. The molecule has 190 valence electrons. The quantitative estimate of drug-likeness (QED) is 0.141. The minimum Gasteiger partial charge on any atom is -0.409 e. The molecule has 3 aromatic rings. The number of amidine groups is 1. The molecule has 0 radical (unpaired) electrons. The average Bonchev–Trinajstić information content (AvgIpc) is 3.46. The van der Waals surface area contributed by atoms with E-state index < -0.39 is 0 Å². The smallest absolute Gasteiger partial charge is 0.241 e. The first-order valence-electron chi connectivity index (χ1n) is 12.3. The normalized spacial score (nSPS) is 29.0. The van der Waals surface area contributed by atoms with Crippen molar-refractivity contribution >= 4 is 28.6 Å². The van der Waals surface area contributed by atoms with Gasteiger partial charge in [-0.3, -0.25) is 0 Å². The fourth-order valence-corrected chi connectivity index (χ4v) is 6.06. The summed E-state index contributed by atoms with van der Waals surface area (Å²) in [5, 5.41) is 15.7. The van der Waals surface area contributed by atoms with Crippen LogP contribution in [0.2, 0.25) is 0 Å². The van der Waals surface area contributed by atoms with Crippen LogP contribution in [0.15, 0.2) is 70.4 Å². The molecule has 6 nitrogen and oxygen atoms in total. The summed E-state index contributed by atoms with van der Waals surface area (Å²) in [6, 6.07) is 13.2. The molecule has 0 unspecified atom stereocenters. The highest BCUT2D eigenvalue weighted by Gasteiger charge is 2.56. The van der Waals surface area contributed by atoms with Crippen LogP contribution < -0.4 is 5.73 Å². The van der Waals surface area contributed by atoms with Gasteiger partial charge in [0.1, 0.15) is 23.4 Å². The molecule has 1 heterocycles. The number of halogens is 3. The predicted octanol–water partition coefficient (Wildman–Crippen LogP) is 5.99. The number of hydrogen-bond acceptors (Lipinski definition) is 5. The van der Waals surface area contributed by atoms with Crippen molar-refractivity contribution in [3.8, 4) is 0 Å². The van der Waals surface area contributed by atoms with Gasteiger partial charge in [0.05, 0.1) is 0 Å². The zero-order valence-corrected chi connectivity index (χ0v) is 20.5. The average molecular weight is 523 g/mol. The molecule has 3 N–H and O–H groups in total. The number of aromatic nitrogens is 2. The van der Waals surface area contributed by atoms with E-state index in [1.165, 1.54) is 35.4 Å². The van der Waals surface area contributed by atoms with Gasteiger partial charge in [-0.2, -0.15) is 4.98 Å². The van der Waals surface area contributed by atoms with Crippen molar-refractivity contribution in [2.24, 2.45) is 40.5 Å². The summed E-state index contributed by atoms with van der Waals surface area (Å²) in [6.07, 6.45) is 6.35. The molecule has 0 bridgehead atoms. The van der Waals surface area contributed by atoms with Crippen LogP contribution >= 0.6 is 11.6 Å². The van der Waals surface area contributed by atoms with E-state index >= 15 is 0 Å². The maximum absolute atomic E-state index is 12.9. The maximum atomic E-state index is 12.9. The number of fused-ring (bicyclic) bond motifs is 2. The lowest BCUT2D eigenvalue weighted by atomic mass is 10.0. The molecule has 37 heavy (non-hydrogen) atoms. The maximum Gasteiger partial charge on any atom is 0.241 e. The SMILES string of the molecule is Fc1ccc(C2=C[C@H]3[C@@H](C2)[C@@H]3c2noc(CCl)n2)cc1.N/C(=N\O)[C@@H]1[C@H]2C=C(c3ccc(F)cc3)C[C@H]21. The number of nitrogens with zero attached hydrogens (tertiary/aromatic N) is 3. The van der Waals surface area contributed by atoms with E-state index in [0.717, 1.165) is 29.8 Å². The molecular weight excluding hydrogens is 498 g/mol. The fourth-order valence-electron chi connectivity index (χ4n) is 5.95. The standard InChI is InChI=1S/C15H12ClFN2O.C13H13FN2O/c16-7-13-18-15(19-20-13)14-11-5-9(6-12(11)14)8-1-3-10(17)4-2-8;14-9-3-1-7(2-4-9)8-5-10-11(6-8)12(10)13(15)16-17/h1-5,11-12,14H,6-7H2;1-5,10-12,17H,6H2,(H2,15,16)/t11-,12+,14+;10-,11+,12+/m00/s1. The fraction of sp³-hybridized carbons (Fsp3) is 0.321. The molecule has 0 amide bonds. The summed E-state index contributed by atoms with van der Waals surface area (Å²) >= 11 is 5.66. The van der Waals surface area contributed by atoms with E-state index in [2.05, 4.69) is 27.4 Å². The molecule has 1 aromatic heterocycles. The number of alkyl halides is 1. The number of nitrogens with two attached hydrogens (primary N) is 1. The predicted molar refractivity (Wildman–Crippen MR) is 135 cm³/mol. The Balaban J connectivity index is 0.000000138. The van der Waals surface area contributed by atoms with Crippen LogP contribution in [-0.4, -0.2) is 21.2 Å². The Morgan fingerprint density at radius 1 is 0.946 bits per heavy atom. The Hall–Kier alpha value is -3.52. The summed E-state index contributed by atoms with van der Waals surface area (Å²) in [7, 11) is 0. The number of benzene rings is 2. The Labute approximate surface area is 217 Å². The van der Waals surface area contributed by atoms with Crippen molar-refractivity contribution in [3.63, 3.8) is 0 Å². The Morgan fingerprint density at radius 3 is 1.95 bits per heavy atom. The highest BCUT2D eigenvalue weighted by atomic mass is 35.5. The molecule has 9 heteroatoms. The van der Waals surface area contributed by atoms with Gasteiger partial charge in [0.2, 0.25) is 5.89 Å². The largest absolute Gasteiger partial charge is 0.409 e. The molecular formula is C28H25ClF2N4O2. The highest BCUT2D eigenvalue weighted by Crippen LogP contribution is 2.62. The van der Waals surface area contributed by atoms with Crippen molar-refractivity contribution in [1.29, 1.82) is 0 Å². The van der Waals surface area contributed by atoms with Crippen LogP contribution in [0.1, 0.15) is 41.6 Å². The third-order valence-electron chi connectivity index (χ3n) is 7.94. The molecule has 0 spiro atoms. The van der Waals surface area contributed by atoms with E-state index in [-0.39, 0.29) is 23.4 Å². The molecule has 2 aromatic carbocycles. The Bertz CT molecular complexity index is 1400. The number of hydrogen-bond donors (Lipinski definition) is 2. The summed E-state index contributed by atoms with van der Waals surface area (Å²) < 4.78 is 30.8. The van der Waals surface area contributed by atoms with E-state index in [1.54, 1.807) is 12.1 Å². The lowest BCUT2D eigenvalue weighted by molar-refractivity contribution is 0.316. The van der Waals surface area contributed by atoms with Crippen molar-refractivity contribution in [1.82, 2.24) is 10.1 Å². The molecule has 4 aliphatic rings. The number of allylic oxidation sites excluding steroid dienone is 4. The van der Waals surface area contributed by atoms with E-state index in [4.69, 9.17) is 27.1 Å². The van der Waals surface area contributed by atoms with Crippen molar-refractivity contribution in [2.45, 2.75) is 24.6 Å². The van der Waals surface area contributed by atoms with Gasteiger partial charge in [-0.15, -0.1) is 11.6 Å². The molecule has 0 saturated heterocycles. The Kier molecular flexibility index (Phi) is 6.07. The first kappa shape index (κ1) is 23.9. The summed E-state index contributed by atoms with van der Waals surface area (Å²) in [4.78, 5) is 4.29. The van der Waals surface area contributed by atoms with Gasteiger partial charge in [-0.25, -0.2) is 8.78 Å². The van der Waals surface area contributed by atoms with Gasteiger partial charge in [-0.05, 0) is 83.1 Å². The van der Waals surface area contributed by atoms with Crippen LogP contribution in [0.4, 0.5) is 8.78 Å². The van der Waals surface area contributed by atoms with Gasteiger partial charge < -0.3 is 15.5 Å². The summed E-state index contributed by atoms with van der Waals surface area (Å²) in [5.74, 6) is 3.87. The Morgan fingerprint density at radius 2 is 1.51 bits per heavy atom. The third kappa shape index (κ3) is 4.55. The first-order valence-corrected chi connectivity index (χ1v) is 12.8. The number of rotatable bonds is 5. The first-order chi connectivity index (χ1) is 18.0. The van der Waals surface area contributed by atoms with Gasteiger partial charge in [-0.1, -0.05) is 46.7 Å². The second-order valence-electron chi connectivity index (χ2n) is 10.0. The van der Waals surface area contributed by atoms with Crippen LogP contribution in [0.25, 0.3) is 11.1 Å². The summed E-state index contributed by atoms with van der Waals surface area (Å²) in [6.45, 7) is 0. The monoisotopic (exact) mass is 522 g/mol. The lowest BCUT2D eigenvalue weighted by Crippen LogP contribution is -2.16. The molecule has 2 fully saturated rings. The minimum absolute atomic E-state index is 0.198. The second-order valence-corrected chi connectivity index (χ2v) is 10.3. The molecule has 7 rings (SSSR count). The minimum atomic E-state index is -0.216. The topological polar surface area (TPSA) is 97.5 Å². The molecule has 0 aliphatic heterocycles. The number of oxime groups is 1.